The van der Waals surface area contributed by atoms with Gasteiger partial charge in [-0.15, -0.1) is 0 Å². The van der Waals surface area contributed by atoms with Crippen LogP contribution in [0.2, 0.25) is 0 Å². The van der Waals surface area contributed by atoms with E-state index in [0.29, 0.717) is 6.54 Å². The summed E-state index contributed by atoms with van der Waals surface area (Å²) in [5.74, 6) is 5.83. The first-order valence-corrected chi connectivity index (χ1v) is 5.92. The van der Waals surface area contributed by atoms with Crippen LogP contribution in [0.1, 0.15) is 5.56 Å². The van der Waals surface area contributed by atoms with Gasteiger partial charge in [-0.3, -0.25) is 5.43 Å². The van der Waals surface area contributed by atoms with Crippen molar-refractivity contribution in [3.05, 3.63) is 28.2 Å². The maximum Gasteiger partial charge on any atom is 0.331 e. The Morgan fingerprint density at radius 3 is 2.82 bits per heavy atom. The van der Waals surface area contributed by atoms with E-state index in [-0.39, 0.29) is 6.03 Å². The molecule has 0 atom stereocenters. The Labute approximate surface area is 109 Å². The molecule has 1 rings (SSSR count). The number of carbonyl (C=O) groups excluding carboxylic acids is 1. The number of urea groups is 1. The van der Waals surface area contributed by atoms with Crippen LogP contribution in [0, 0.1) is 0 Å². The fourth-order valence-electron chi connectivity index (χ4n) is 1.37. The second-order valence-electron chi connectivity index (χ2n) is 3.59. The zero-order valence-corrected chi connectivity index (χ0v) is 11.5. The summed E-state index contributed by atoms with van der Waals surface area (Å²) in [6, 6.07) is 5.55. The monoisotopic (exact) mass is 301 g/mol. The standard InChI is InChI=1S/C11H16BrN3O2/c1-15(11(16)14-13)6-5-8-3-4-10(17-2)9(12)7-8/h3-4,7H,5-6,13H2,1-2H3,(H,14,16). The Kier molecular flexibility index (Phi) is 5.24. The lowest BCUT2D eigenvalue weighted by Crippen LogP contribution is -2.41. The van der Waals surface area contributed by atoms with Crippen molar-refractivity contribution >= 4 is 22.0 Å². The van der Waals surface area contributed by atoms with Gasteiger partial charge in [-0.2, -0.15) is 0 Å². The smallest absolute Gasteiger partial charge is 0.331 e. The van der Waals surface area contributed by atoms with E-state index in [1.54, 1.807) is 14.2 Å². The number of nitrogens with two attached hydrogens (primary N) is 1. The predicted octanol–water partition coefficient (Wildman–Crippen LogP) is 1.52. The Morgan fingerprint density at radius 1 is 1.59 bits per heavy atom. The second-order valence-corrected chi connectivity index (χ2v) is 4.44. The number of ether oxygens (including phenoxy) is 1. The predicted molar refractivity (Wildman–Crippen MR) is 69.7 cm³/mol. The molecule has 3 N–H and O–H groups in total. The molecule has 0 radical (unpaired) electrons. The number of likely N-dealkylation sites (N-methyl/N-ethyl adjacent to an activating group) is 1. The zero-order chi connectivity index (χ0) is 12.8. The maximum atomic E-state index is 11.2. The minimum atomic E-state index is -0.294. The second kappa shape index (κ2) is 6.46. The van der Waals surface area contributed by atoms with Gasteiger partial charge < -0.3 is 9.64 Å². The fraction of sp³-hybridized carbons (Fsp3) is 0.364. The van der Waals surface area contributed by atoms with E-state index in [4.69, 9.17) is 10.6 Å². The number of rotatable bonds is 4. The third-order valence-electron chi connectivity index (χ3n) is 2.42. The first-order chi connectivity index (χ1) is 8.08. The minimum Gasteiger partial charge on any atom is -0.496 e. The van der Waals surface area contributed by atoms with Gasteiger partial charge in [-0.1, -0.05) is 6.07 Å². The van der Waals surface area contributed by atoms with E-state index in [0.717, 1.165) is 22.2 Å². The molecule has 0 saturated carbocycles. The van der Waals surface area contributed by atoms with Crippen LogP contribution in [-0.2, 0) is 6.42 Å². The van der Waals surface area contributed by atoms with Gasteiger partial charge >= 0.3 is 6.03 Å². The van der Waals surface area contributed by atoms with Crippen molar-refractivity contribution in [2.24, 2.45) is 5.84 Å². The molecule has 1 aromatic carbocycles. The van der Waals surface area contributed by atoms with Gasteiger partial charge in [0.25, 0.3) is 0 Å². The van der Waals surface area contributed by atoms with E-state index < -0.39 is 0 Å². The normalized spacial score (nSPS) is 9.88. The van der Waals surface area contributed by atoms with Crippen LogP contribution in [0.25, 0.3) is 0 Å². The number of carbonyl (C=O) groups is 1. The van der Waals surface area contributed by atoms with Crippen molar-refractivity contribution in [2.75, 3.05) is 20.7 Å². The third-order valence-corrected chi connectivity index (χ3v) is 3.04. The fourth-order valence-corrected chi connectivity index (χ4v) is 1.96. The third kappa shape index (κ3) is 3.90. The molecule has 0 saturated heterocycles. The number of hydrazine groups is 1. The minimum absolute atomic E-state index is 0.294. The van der Waals surface area contributed by atoms with E-state index in [2.05, 4.69) is 21.4 Å². The first-order valence-electron chi connectivity index (χ1n) is 5.12. The lowest BCUT2D eigenvalue weighted by molar-refractivity contribution is 0.209. The van der Waals surface area contributed by atoms with Crippen LogP contribution in [0.5, 0.6) is 5.75 Å². The lowest BCUT2D eigenvalue weighted by Gasteiger charge is -2.16. The molecule has 0 aromatic heterocycles. The molecule has 0 spiro atoms. The van der Waals surface area contributed by atoms with Gasteiger partial charge in [-0.05, 0) is 40.0 Å². The van der Waals surface area contributed by atoms with Gasteiger partial charge in [0.1, 0.15) is 5.75 Å². The number of amides is 2. The Balaban J connectivity index is 2.58. The number of hydrogen-bond donors (Lipinski definition) is 2. The highest BCUT2D eigenvalue weighted by molar-refractivity contribution is 9.10. The Morgan fingerprint density at radius 2 is 2.29 bits per heavy atom. The van der Waals surface area contributed by atoms with Crippen LogP contribution < -0.4 is 16.0 Å². The molecular formula is C11H16BrN3O2. The summed E-state index contributed by atoms with van der Waals surface area (Å²) >= 11 is 3.42. The SMILES string of the molecule is COc1ccc(CCN(C)C(=O)NN)cc1Br. The molecule has 94 valence electrons. The molecule has 0 fully saturated rings. The molecule has 0 aliphatic rings. The van der Waals surface area contributed by atoms with E-state index >= 15 is 0 Å². The maximum absolute atomic E-state index is 11.2. The van der Waals surface area contributed by atoms with Crippen LogP contribution in [0.15, 0.2) is 22.7 Å². The molecule has 0 aliphatic heterocycles. The van der Waals surface area contributed by atoms with Crippen molar-refractivity contribution in [3.63, 3.8) is 0 Å². The van der Waals surface area contributed by atoms with Crippen molar-refractivity contribution in [1.82, 2.24) is 10.3 Å². The number of methoxy groups -OCH3 is 1. The van der Waals surface area contributed by atoms with Crippen LogP contribution in [0.3, 0.4) is 0 Å². The van der Waals surface area contributed by atoms with Gasteiger partial charge in [0, 0.05) is 13.6 Å². The largest absolute Gasteiger partial charge is 0.496 e. The van der Waals surface area contributed by atoms with Crippen LogP contribution in [0.4, 0.5) is 4.79 Å². The summed E-state index contributed by atoms with van der Waals surface area (Å²) in [4.78, 5) is 12.7. The summed E-state index contributed by atoms with van der Waals surface area (Å²) in [6.07, 6.45) is 0.756. The summed E-state index contributed by atoms with van der Waals surface area (Å²) < 4.78 is 6.05. The van der Waals surface area contributed by atoms with Crippen molar-refractivity contribution in [2.45, 2.75) is 6.42 Å². The Hall–Kier alpha value is -1.27. The molecule has 0 unspecified atom stereocenters. The zero-order valence-electron chi connectivity index (χ0n) is 9.87. The number of benzene rings is 1. The van der Waals surface area contributed by atoms with Crippen molar-refractivity contribution in [3.8, 4) is 5.75 Å². The van der Waals surface area contributed by atoms with Crippen molar-refractivity contribution < 1.29 is 9.53 Å². The summed E-state index contributed by atoms with van der Waals surface area (Å²) in [5.41, 5.74) is 3.21. The molecular weight excluding hydrogens is 286 g/mol. The molecule has 0 bridgehead atoms. The first kappa shape index (κ1) is 13.8. The number of halogens is 1. The van der Waals surface area contributed by atoms with Crippen LogP contribution >= 0.6 is 15.9 Å². The Bertz CT molecular complexity index is 398. The highest BCUT2D eigenvalue weighted by atomic mass is 79.9. The number of nitrogens with zero attached hydrogens (tertiary/aromatic N) is 1. The van der Waals surface area contributed by atoms with Gasteiger partial charge in [0.15, 0.2) is 0 Å². The van der Waals surface area contributed by atoms with E-state index in [1.165, 1.54) is 4.90 Å². The van der Waals surface area contributed by atoms with E-state index in [1.807, 2.05) is 18.2 Å². The van der Waals surface area contributed by atoms with E-state index in [9.17, 15) is 4.79 Å². The van der Waals surface area contributed by atoms with Gasteiger partial charge in [0.05, 0.1) is 11.6 Å². The number of nitrogens with one attached hydrogen (secondary N) is 1. The lowest BCUT2D eigenvalue weighted by atomic mass is 10.1. The topological polar surface area (TPSA) is 67.6 Å². The highest BCUT2D eigenvalue weighted by Crippen LogP contribution is 2.25. The molecule has 1 aromatic rings. The molecule has 0 heterocycles. The van der Waals surface area contributed by atoms with Gasteiger partial charge in [-0.25, -0.2) is 10.6 Å². The average molecular weight is 302 g/mol. The highest BCUT2D eigenvalue weighted by Gasteiger charge is 2.07. The summed E-state index contributed by atoms with van der Waals surface area (Å²) in [7, 11) is 3.32. The number of hydrogen-bond acceptors (Lipinski definition) is 3. The molecule has 0 aliphatic carbocycles. The average Bonchev–Trinajstić information content (AvgIpc) is 2.35. The summed E-state index contributed by atoms with van der Waals surface area (Å²) in [6.45, 7) is 0.599. The molecule has 17 heavy (non-hydrogen) atoms. The molecule has 6 heteroatoms. The quantitative estimate of drug-likeness (QED) is 0.503. The van der Waals surface area contributed by atoms with Crippen LogP contribution in [-0.4, -0.2) is 31.6 Å². The van der Waals surface area contributed by atoms with Crippen molar-refractivity contribution in [1.29, 1.82) is 0 Å². The van der Waals surface area contributed by atoms with Gasteiger partial charge in [0.2, 0.25) is 0 Å². The summed E-state index contributed by atoms with van der Waals surface area (Å²) in [5, 5.41) is 0. The molecule has 2 amide bonds. The molecule has 5 nitrogen and oxygen atoms in total.